The van der Waals surface area contributed by atoms with E-state index in [0.717, 1.165) is 11.1 Å². The molecule has 6 heteroatoms. The van der Waals surface area contributed by atoms with E-state index in [4.69, 9.17) is 0 Å². The van der Waals surface area contributed by atoms with Gasteiger partial charge in [-0.15, -0.1) is 0 Å². The molecule has 1 fully saturated rings. The van der Waals surface area contributed by atoms with E-state index in [2.05, 4.69) is 10.3 Å². The highest BCUT2D eigenvalue weighted by atomic mass is 19.1. The SMILES string of the molecule is CN1C(=O)CC[C@@H](C(=O)NCc2cccnc2)[C@H]1c1ccc(F)cc1. The van der Waals surface area contributed by atoms with Crippen LogP contribution >= 0.6 is 0 Å². The molecule has 2 heterocycles. The second-order valence-corrected chi connectivity index (χ2v) is 6.23. The number of halogens is 1. The number of benzene rings is 1. The fourth-order valence-corrected chi connectivity index (χ4v) is 3.25. The fourth-order valence-electron chi connectivity index (χ4n) is 3.25. The maximum Gasteiger partial charge on any atom is 0.225 e. The largest absolute Gasteiger partial charge is 0.352 e. The van der Waals surface area contributed by atoms with Crippen molar-refractivity contribution in [2.45, 2.75) is 25.4 Å². The number of piperidine rings is 1. The van der Waals surface area contributed by atoms with Crippen molar-refractivity contribution in [3.8, 4) is 0 Å². The van der Waals surface area contributed by atoms with Gasteiger partial charge in [-0.2, -0.15) is 0 Å². The Hall–Kier alpha value is -2.76. The molecule has 0 spiro atoms. The predicted octanol–water partition coefficient (Wildman–Crippen LogP) is 2.45. The Morgan fingerprint density at radius 1 is 1.32 bits per heavy atom. The van der Waals surface area contributed by atoms with Crippen molar-refractivity contribution in [1.82, 2.24) is 15.2 Å². The van der Waals surface area contributed by atoms with Gasteiger partial charge in [0.2, 0.25) is 11.8 Å². The molecule has 0 saturated carbocycles. The number of pyridine rings is 1. The van der Waals surface area contributed by atoms with Gasteiger partial charge >= 0.3 is 0 Å². The van der Waals surface area contributed by atoms with Gasteiger partial charge in [-0.3, -0.25) is 14.6 Å². The summed E-state index contributed by atoms with van der Waals surface area (Å²) in [5, 5.41) is 2.92. The van der Waals surface area contributed by atoms with E-state index in [9.17, 15) is 14.0 Å². The van der Waals surface area contributed by atoms with Crippen LogP contribution in [0.1, 0.15) is 30.0 Å². The highest BCUT2D eigenvalue weighted by Crippen LogP contribution is 2.35. The molecule has 1 aromatic heterocycles. The van der Waals surface area contributed by atoms with E-state index in [1.54, 1.807) is 36.5 Å². The summed E-state index contributed by atoms with van der Waals surface area (Å²) in [6.07, 6.45) is 4.19. The molecule has 25 heavy (non-hydrogen) atoms. The summed E-state index contributed by atoms with van der Waals surface area (Å²) in [6.45, 7) is 0.386. The van der Waals surface area contributed by atoms with E-state index in [1.165, 1.54) is 12.1 Å². The van der Waals surface area contributed by atoms with Crippen molar-refractivity contribution < 1.29 is 14.0 Å². The van der Waals surface area contributed by atoms with Crippen LogP contribution in [0.5, 0.6) is 0 Å². The topological polar surface area (TPSA) is 62.3 Å². The first-order chi connectivity index (χ1) is 12.1. The molecule has 1 aliphatic rings. The van der Waals surface area contributed by atoms with Crippen LogP contribution in [0.25, 0.3) is 0 Å². The Balaban J connectivity index is 1.78. The van der Waals surface area contributed by atoms with Crippen molar-refractivity contribution in [3.63, 3.8) is 0 Å². The van der Waals surface area contributed by atoms with Crippen molar-refractivity contribution in [1.29, 1.82) is 0 Å². The zero-order valence-corrected chi connectivity index (χ0v) is 14.0. The van der Waals surface area contributed by atoms with Crippen LogP contribution in [-0.4, -0.2) is 28.7 Å². The normalized spacial score (nSPS) is 20.4. The van der Waals surface area contributed by atoms with Gasteiger partial charge in [-0.1, -0.05) is 18.2 Å². The van der Waals surface area contributed by atoms with Crippen LogP contribution in [0.15, 0.2) is 48.8 Å². The molecular weight excluding hydrogens is 321 g/mol. The molecular formula is C19H20FN3O2. The number of hydrogen-bond donors (Lipinski definition) is 1. The van der Waals surface area contributed by atoms with E-state index in [1.807, 2.05) is 12.1 Å². The summed E-state index contributed by atoms with van der Waals surface area (Å²) in [6, 6.07) is 9.29. The smallest absolute Gasteiger partial charge is 0.225 e. The first kappa shape index (κ1) is 17.1. The van der Waals surface area contributed by atoms with Gasteiger partial charge in [0.15, 0.2) is 0 Å². The van der Waals surface area contributed by atoms with Gasteiger partial charge in [-0.05, 0) is 35.7 Å². The molecule has 0 aliphatic carbocycles. The minimum Gasteiger partial charge on any atom is -0.352 e. The molecule has 0 bridgehead atoms. The first-order valence-corrected chi connectivity index (χ1v) is 8.24. The molecule has 3 rings (SSSR count). The molecule has 1 saturated heterocycles. The Bertz CT molecular complexity index is 749. The number of carbonyl (C=O) groups is 2. The minimum atomic E-state index is -0.393. The molecule has 2 aromatic rings. The quantitative estimate of drug-likeness (QED) is 0.929. The van der Waals surface area contributed by atoms with Crippen LogP contribution in [-0.2, 0) is 16.1 Å². The molecule has 5 nitrogen and oxygen atoms in total. The lowest BCUT2D eigenvalue weighted by molar-refractivity contribution is -0.141. The summed E-state index contributed by atoms with van der Waals surface area (Å²) in [5.74, 6) is -0.834. The average Bonchev–Trinajstić information content (AvgIpc) is 2.63. The Morgan fingerprint density at radius 3 is 2.76 bits per heavy atom. The number of hydrogen-bond acceptors (Lipinski definition) is 3. The Labute approximate surface area is 145 Å². The van der Waals surface area contributed by atoms with Crippen LogP contribution < -0.4 is 5.32 Å². The maximum absolute atomic E-state index is 13.2. The van der Waals surface area contributed by atoms with Crippen LogP contribution in [0.2, 0.25) is 0 Å². The lowest BCUT2D eigenvalue weighted by atomic mass is 9.84. The number of amides is 2. The van der Waals surface area contributed by atoms with Crippen LogP contribution in [0.3, 0.4) is 0 Å². The zero-order chi connectivity index (χ0) is 17.8. The number of nitrogens with zero attached hydrogens (tertiary/aromatic N) is 2. The molecule has 0 unspecified atom stereocenters. The van der Waals surface area contributed by atoms with E-state index in [0.29, 0.717) is 19.4 Å². The van der Waals surface area contributed by atoms with Gasteiger partial charge < -0.3 is 10.2 Å². The average molecular weight is 341 g/mol. The Morgan fingerprint density at radius 2 is 2.08 bits per heavy atom. The van der Waals surface area contributed by atoms with Crippen molar-refractivity contribution >= 4 is 11.8 Å². The molecule has 1 N–H and O–H groups in total. The van der Waals surface area contributed by atoms with Gasteiger partial charge in [0.05, 0.1) is 12.0 Å². The van der Waals surface area contributed by atoms with Gasteiger partial charge in [0.25, 0.3) is 0 Å². The third-order valence-corrected chi connectivity index (χ3v) is 4.60. The molecule has 0 radical (unpaired) electrons. The minimum absolute atomic E-state index is 0.00867. The second-order valence-electron chi connectivity index (χ2n) is 6.23. The van der Waals surface area contributed by atoms with Crippen LogP contribution in [0.4, 0.5) is 4.39 Å². The number of nitrogens with one attached hydrogen (secondary N) is 1. The monoisotopic (exact) mass is 341 g/mol. The molecule has 2 amide bonds. The van der Waals surface area contributed by atoms with Crippen LogP contribution in [0, 0.1) is 11.7 Å². The summed E-state index contributed by atoms with van der Waals surface area (Å²) in [7, 11) is 1.69. The summed E-state index contributed by atoms with van der Waals surface area (Å²) in [4.78, 5) is 30.5. The molecule has 2 atom stereocenters. The van der Waals surface area contributed by atoms with E-state index >= 15 is 0 Å². The molecule has 130 valence electrons. The fraction of sp³-hybridized carbons (Fsp3) is 0.316. The third kappa shape index (κ3) is 3.84. The van der Waals surface area contributed by atoms with Gasteiger partial charge in [0.1, 0.15) is 5.82 Å². The highest BCUT2D eigenvalue weighted by molar-refractivity contribution is 5.84. The summed E-state index contributed by atoms with van der Waals surface area (Å²) < 4.78 is 13.2. The first-order valence-electron chi connectivity index (χ1n) is 8.24. The van der Waals surface area contributed by atoms with E-state index in [-0.39, 0.29) is 23.5 Å². The summed E-state index contributed by atoms with van der Waals surface area (Å²) in [5.41, 5.74) is 1.67. The maximum atomic E-state index is 13.2. The number of rotatable bonds is 4. The highest BCUT2D eigenvalue weighted by Gasteiger charge is 2.38. The molecule has 1 aromatic carbocycles. The third-order valence-electron chi connectivity index (χ3n) is 4.60. The Kier molecular flexibility index (Phi) is 5.07. The van der Waals surface area contributed by atoms with Gasteiger partial charge in [0, 0.05) is 32.4 Å². The number of aromatic nitrogens is 1. The van der Waals surface area contributed by atoms with Crippen molar-refractivity contribution in [2.24, 2.45) is 5.92 Å². The predicted molar refractivity (Wildman–Crippen MR) is 90.7 cm³/mol. The number of carbonyl (C=O) groups excluding carboxylic acids is 2. The van der Waals surface area contributed by atoms with Gasteiger partial charge in [-0.25, -0.2) is 4.39 Å². The summed E-state index contributed by atoms with van der Waals surface area (Å²) >= 11 is 0. The van der Waals surface area contributed by atoms with Crippen molar-refractivity contribution in [3.05, 3.63) is 65.7 Å². The molecule has 1 aliphatic heterocycles. The number of likely N-dealkylation sites (tertiary alicyclic amines) is 1. The zero-order valence-electron chi connectivity index (χ0n) is 14.0. The standard InChI is InChI=1S/C19H20FN3O2/c1-23-17(24)9-8-16(18(23)14-4-6-15(20)7-5-14)19(25)22-12-13-3-2-10-21-11-13/h2-7,10-11,16,18H,8-9,12H2,1H3,(H,22,25)/t16-,18-/m1/s1. The lowest BCUT2D eigenvalue weighted by Crippen LogP contribution is -2.46. The van der Waals surface area contributed by atoms with E-state index < -0.39 is 6.04 Å². The van der Waals surface area contributed by atoms with Crippen molar-refractivity contribution in [2.75, 3.05) is 7.05 Å². The second kappa shape index (κ2) is 7.42. The lowest BCUT2D eigenvalue weighted by Gasteiger charge is -2.38.